The van der Waals surface area contributed by atoms with Crippen molar-refractivity contribution < 1.29 is 18.0 Å². The summed E-state index contributed by atoms with van der Waals surface area (Å²) in [5.74, 6) is -0.394. The van der Waals surface area contributed by atoms with Crippen molar-refractivity contribution >= 4 is 17.3 Å². The number of carbonyl (C=O) groups is 1. The van der Waals surface area contributed by atoms with E-state index in [1.165, 1.54) is 19.1 Å². The molecular weight excluding hydrogens is 305 g/mol. The highest BCUT2D eigenvalue weighted by Crippen LogP contribution is 2.20. The monoisotopic (exact) mass is 328 g/mol. The molecule has 0 unspecified atom stereocenters. The lowest BCUT2D eigenvalue weighted by atomic mass is 10.1. The van der Waals surface area contributed by atoms with Gasteiger partial charge in [-0.25, -0.2) is 0 Å². The predicted octanol–water partition coefficient (Wildman–Crippen LogP) is 5.00. The zero-order chi connectivity index (χ0) is 18.0. The van der Waals surface area contributed by atoms with Crippen molar-refractivity contribution in [3.8, 4) is 0 Å². The van der Waals surface area contributed by atoms with Crippen molar-refractivity contribution in [3.05, 3.63) is 47.6 Å². The second-order valence-electron chi connectivity index (χ2n) is 4.62. The van der Waals surface area contributed by atoms with Crippen LogP contribution in [0.1, 0.15) is 32.8 Å². The molecule has 3 N–H and O–H groups in total. The molecule has 0 aliphatic rings. The number of alkyl halides is 3. The van der Waals surface area contributed by atoms with Gasteiger partial charge in [-0.2, -0.15) is 13.2 Å². The minimum Gasteiger partial charge on any atom is -0.398 e. The van der Waals surface area contributed by atoms with Crippen LogP contribution in [0.25, 0.3) is 0 Å². The summed E-state index contributed by atoms with van der Waals surface area (Å²) in [6, 6.07) is 5.10. The molecule has 0 bridgehead atoms. The number of nitrogens with one attached hydrogen (secondary N) is 1. The molecule has 23 heavy (non-hydrogen) atoms. The van der Waals surface area contributed by atoms with Crippen LogP contribution in [-0.2, 0) is 4.79 Å². The Morgan fingerprint density at radius 1 is 1.30 bits per heavy atom. The topological polar surface area (TPSA) is 55.1 Å². The first-order chi connectivity index (χ1) is 10.7. The molecule has 6 heteroatoms. The standard InChI is InChI=1S/C15H17F3N2O.C2H6/c1-10-6-7-12(9-13(10)19)20-14(21)11(2)5-3-4-8-15(16,17)18;1-2/h3-7,9H,8,19H2,1-2H3,(H,20,21);1-2H3/b4-3-,11-5+;. The van der Waals surface area contributed by atoms with Gasteiger partial charge in [-0.3, -0.25) is 4.79 Å². The number of carbonyl (C=O) groups excluding carboxylic acids is 1. The van der Waals surface area contributed by atoms with Gasteiger partial charge in [0.05, 0.1) is 6.42 Å². The molecule has 1 rings (SSSR count). The maximum Gasteiger partial charge on any atom is 0.392 e. The molecule has 0 atom stereocenters. The van der Waals surface area contributed by atoms with Gasteiger partial charge in [0, 0.05) is 16.9 Å². The van der Waals surface area contributed by atoms with Gasteiger partial charge in [0.1, 0.15) is 0 Å². The minimum atomic E-state index is -4.24. The number of hydrogen-bond donors (Lipinski definition) is 2. The Bertz CT molecular complexity index is 576. The van der Waals surface area contributed by atoms with Crippen LogP contribution in [0.2, 0.25) is 0 Å². The molecule has 0 saturated heterocycles. The largest absolute Gasteiger partial charge is 0.398 e. The van der Waals surface area contributed by atoms with Crippen molar-refractivity contribution in [2.75, 3.05) is 11.1 Å². The lowest BCUT2D eigenvalue weighted by molar-refractivity contribution is -0.125. The third-order valence-electron chi connectivity index (χ3n) is 2.73. The summed E-state index contributed by atoms with van der Waals surface area (Å²) in [6.45, 7) is 7.36. The summed E-state index contributed by atoms with van der Waals surface area (Å²) in [7, 11) is 0. The van der Waals surface area contributed by atoms with E-state index >= 15 is 0 Å². The van der Waals surface area contributed by atoms with Crippen molar-refractivity contribution in [2.45, 2.75) is 40.3 Å². The highest BCUT2D eigenvalue weighted by atomic mass is 19.4. The molecule has 0 aliphatic carbocycles. The number of anilines is 2. The first-order valence-corrected chi connectivity index (χ1v) is 7.26. The first kappa shape index (κ1) is 20.8. The van der Waals surface area contributed by atoms with Crippen LogP contribution in [-0.4, -0.2) is 12.1 Å². The Morgan fingerprint density at radius 2 is 1.91 bits per heavy atom. The fourth-order valence-electron chi connectivity index (χ4n) is 1.44. The average Bonchev–Trinajstić information content (AvgIpc) is 2.48. The smallest absolute Gasteiger partial charge is 0.392 e. The van der Waals surface area contributed by atoms with Gasteiger partial charge >= 0.3 is 6.18 Å². The van der Waals surface area contributed by atoms with E-state index in [9.17, 15) is 18.0 Å². The van der Waals surface area contributed by atoms with Crippen molar-refractivity contribution in [2.24, 2.45) is 0 Å². The van der Waals surface area contributed by atoms with E-state index in [0.717, 1.165) is 11.6 Å². The Kier molecular flexibility index (Phi) is 8.77. The van der Waals surface area contributed by atoms with Crippen LogP contribution in [0.4, 0.5) is 24.5 Å². The number of amides is 1. The highest BCUT2D eigenvalue weighted by molar-refractivity contribution is 6.03. The van der Waals surface area contributed by atoms with Crippen molar-refractivity contribution in [1.29, 1.82) is 0 Å². The third kappa shape index (κ3) is 8.70. The summed E-state index contributed by atoms with van der Waals surface area (Å²) >= 11 is 0. The summed E-state index contributed by atoms with van der Waals surface area (Å²) in [6.07, 6.45) is -1.75. The van der Waals surface area contributed by atoms with Gasteiger partial charge in [-0.05, 0) is 31.5 Å². The number of nitrogens with two attached hydrogens (primary N) is 1. The maximum atomic E-state index is 11.9. The molecule has 0 aromatic heterocycles. The number of halogens is 3. The molecule has 0 aliphatic heterocycles. The Morgan fingerprint density at radius 3 is 2.43 bits per heavy atom. The average molecular weight is 328 g/mol. The molecule has 128 valence electrons. The van der Waals surface area contributed by atoms with E-state index in [-0.39, 0.29) is 0 Å². The molecule has 0 heterocycles. The normalized spacial score (nSPS) is 11.9. The maximum absolute atomic E-state index is 11.9. The van der Waals surface area contributed by atoms with E-state index < -0.39 is 18.5 Å². The van der Waals surface area contributed by atoms with E-state index in [4.69, 9.17) is 5.73 Å². The van der Waals surface area contributed by atoms with E-state index in [1.807, 2.05) is 20.8 Å². The number of rotatable bonds is 4. The third-order valence-corrected chi connectivity index (χ3v) is 2.73. The van der Waals surface area contributed by atoms with Crippen LogP contribution in [0.5, 0.6) is 0 Å². The lowest BCUT2D eigenvalue weighted by Gasteiger charge is -2.07. The zero-order valence-electron chi connectivity index (χ0n) is 13.8. The fraction of sp³-hybridized carbons (Fsp3) is 0.353. The fourth-order valence-corrected chi connectivity index (χ4v) is 1.44. The van der Waals surface area contributed by atoms with E-state index in [2.05, 4.69) is 5.32 Å². The molecular formula is C17H23F3N2O. The molecule has 0 spiro atoms. The van der Waals surface area contributed by atoms with E-state index in [0.29, 0.717) is 16.9 Å². The van der Waals surface area contributed by atoms with Crippen LogP contribution < -0.4 is 11.1 Å². The highest BCUT2D eigenvalue weighted by Gasteiger charge is 2.24. The number of nitrogen functional groups attached to an aromatic ring is 1. The lowest BCUT2D eigenvalue weighted by Crippen LogP contribution is -2.12. The Balaban J connectivity index is 0.00000232. The van der Waals surface area contributed by atoms with Crippen molar-refractivity contribution in [3.63, 3.8) is 0 Å². The van der Waals surface area contributed by atoms with Crippen LogP contribution in [0.3, 0.4) is 0 Å². The predicted molar refractivity (Wildman–Crippen MR) is 89.1 cm³/mol. The number of hydrogen-bond acceptors (Lipinski definition) is 2. The first-order valence-electron chi connectivity index (χ1n) is 7.26. The Hall–Kier alpha value is -2.24. The second kappa shape index (κ2) is 9.71. The molecule has 0 radical (unpaired) electrons. The van der Waals surface area contributed by atoms with Crippen LogP contribution in [0.15, 0.2) is 42.0 Å². The van der Waals surface area contributed by atoms with Gasteiger partial charge in [-0.15, -0.1) is 0 Å². The molecule has 3 nitrogen and oxygen atoms in total. The number of benzene rings is 1. The summed E-state index contributed by atoms with van der Waals surface area (Å²) in [5, 5.41) is 2.62. The van der Waals surface area contributed by atoms with Crippen LogP contribution >= 0.6 is 0 Å². The quantitative estimate of drug-likeness (QED) is 0.464. The minimum absolute atomic E-state index is 0.299. The number of allylic oxidation sites excluding steroid dienone is 3. The zero-order valence-corrected chi connectivity index (χ0v) is 13.8. The van der Waals surface area contributed by atoms with Gasteiger partial charge in [0.15, 0.2) is 0 Å². The van der Waals surface area contributed by atoms with Gasteiger partial charge in [0.25, 0.3) is 5.91 Å². The van der Waals surface area contributed by atoms with Gasteiger partial charge in [0.2, 0.25) is 0 Å². The molecule has 1 aromatic carbocycles. The van der Waals surface area contributed by atoms with Gasteiger partial charge in [-0.1, -0.05) is 38.1 Å². The summed E-state index contributed by atoms with van der Waals surface area (Å²) in [4.78, 5) is 11.8. The molecule has 0 fully saturated rings. The van der Waals surface area contributed by atoms with Crippen molar-refractivity contribution in [1.82, 2.24) is 0 Å². The summed E-state index contributed by atoms with van der Waals surface area (Å²) in [5.41, 5.74) is 8.02. The van der Waals surface area contributed by atoms with Crippen LogP contribution in [0, 0.1) is 6.92 Å². The van der Waals surface area contributed by atoms with Gasteiger partial charge < -0.3 is 11.1 Å². The summed E-state index contributed by atoms with van der Waals surface area (Å²) < 4.78 is 35.8. The SMILES string of the molecule is C/C(=C\C=C/CC(F)(F)F)C(=O)Nc1ccc(C)c(N)c1.CC. The molecule has 0 saturated carbocycles. The number of aryl methyl sites for hydroxylation is 1. The molecule has 1 amide bonds. The molecule has 1 aromatic rings. The van der Waals surface area contributed by atoms with E-state index in [1.54, 1.807) is 18.2 Å². The second-order valence-corrected chi connectivity index (χ2v) is 4.62. The Labute approximate surface area is 135 Å².